The van der Waals surface area contributed by atoms with Crippen molar-refractivity contribution in [2.75, 3.05) is 40.7 Å². The summed E-state index contributed by atoms with van der Waals surface area (Å²) in [6, 6.07) is 14.9. The summed E-state index contributed by atoms with van der Waals surface area (Å²) in [5.74, 6) is -6.20. The highest BCUT2D eigenvalue weighted by atomic mass is 19.2. The van der Waals surface area contributed by atoms with Gasteiger partial charge in [0.05, 0.1) is 23.1 Å². The van der Waals surface area contributed by atoms with Gasteiger partial charge < -0.3 is 19.3 Å². The number of carbonyl (C=O) groups excluding carboxylic acids is 2. The van der Waals surface area contributed by atoms with Crippen LogP contribution in [0.5, 0.6) is 5.75 Å². The van der Waals surface area contributed by atoms with Gasteiger partial charge in [-0.15, -0.1) is 0 Å². The molecule has 0 saturated carbocycles. The minimum absolute atomic E-state index is 0.0575. The molecule has 4 rings (SSSR count). The maximum Gasteiger partial charge on any atom is 0.339 e. The van der Waals surface area contributed by atoms with Gasteiger partial charge in [0.2, 0.25) is 5.91 Å². The van der Waals surface area contributed by atoms with Crippen molar-refractivity contribution >= 4 is 11.9 Å². The van der Waals surface area contributed by atoms with Gasteiger partial charge in [-0.2, -0.15) is 0 Å². The predicted molar refractivity (Wildman–Crippen MR) is 140 cm³/mol. The molecular weight excluding hydrogens is 509 g/mol. The molecule has 0 aliphatic carbocycles. The minimum Gasteiger partial charge on any atom is -0.497 e. The van der Waals surface area contributed by atoms with Crippen LogP contribution in [0.1, 0.15) is 36.1 Å². The Labute approximate surface area is 234 Å². The number of likely N-dealkylation sites (tertiary alicyclic amines) is 1. The van der Waals surface area contributed by atoms with E-state index in [0.717, 1.165) is 4.90 Å². The standard InChI is InChI=1S/C30H31F3N2O4/c1-34(2)18-23-19-35(28(36)15-21-14-26(32)27(33)17-25(21)31)13-12-30(23,22-10-7-11-24(16-22)38-3)39-29(37)20-8-5-4-6-9-20/h4-11,14,16-17,23H,12-13,15,18-19H2,1-3H3/i1D3,3D3. The number of esters is 1. The van der Waals surface area contributed by atoms with Crippen LogP contribution in [-0.4, -0.2) is 62.4 Å². The third-order valence-electron chi connectivity index (χ3n) is 6.86. The van der Waals surface area contributed by atoms with E-state index in [1.54, 1.807) is 24.3 Å². The minimum atomic E-state index is -2.79. The zero-order chi connectivity index (χ0) is 33.2. The number of hydrogen-bond donors (Lipinski definition) is 0. The van der Waals surface area contributed by atoms with E-state index in [-0.39, 0.29) is 42.9 Å². The first-order chi connectivity index (χ1) is 21.0. The fourth-order valence-electron chi connectivity index (χ4n) is 4.94. The fraction of sp³-hybridized carbons (Fsp3) is 0.333. The van der Waals surface area contributed by atoms with E-state index >= 15 is 0 Å². The average Bonchev–Trinajstić information content (AvgIpc) is 2.96. The summed E-state index contributed by atoms with van der Waals surface area (Å²) in [5, 5.41) is 0. The largest absolute Gasteiger partial charge is 0.497 e. The van der Waals surface area contributed by atoms with E-state index in [4.69, 9.17) is 17.7 Å². The summed E-state index contributed by atoms with van der Waals surface area (Å²) in [6.07, 6.45) is -0.683. The van der Waals surface area contributed by atoms with Crippen molar-refractivity contribution in [3.8, 4) is 5.75 Å². The summed E-state index contributed by atoms with van der Waals surface area (Å²) >= 11 is 0. The quantitative estimate of drug-likeness (QED) is 0.300. The number of halogens is 3. The highest BCUT2D eigenvalue weighted by molar-refractivity contribution is 5.89. The van der Waals surface area contributed by atoms with Crippen molar-refractivity contribution in [3.63, 3.8) is 0 Å². The van der Waals surface area contributed by atoms with Crippen molar-refractivity contribution in [2.24, 2.45) is 5.92 Å². The number of carbonyl (C=O) groups is 2. The van der Waals surface area contributed by atoms with Crippen LogP contribution in [0.25, 0.3) is 0 Å². The van der Waals surface area contributed by atoms with Gasteiger partial charge in [-0.05, 0) is 49.9 Å². The van der Waals surface area contributed by atoms with Gasteiger partial charge in [0.15, 0.2) is 11.6 Å². The van der Waals surface area contributed by atoms with Crippen LogP contribution < -0.4 is 4.74 Å². The lowest BCUT2D eigenvalue weighted by atomic mass is 9.75. The first kappa shape index (κ1) is 21.0. The highest BCUT2D eigenvalue weighted by Crippen LogP contribution is 2.43. The molecule has 1 amide bonds. The Balaban J connectivity index is 1.77. The summed E-state index contributed by atoms with van der Waals surface area (Å²) in [5.41, 5.74) is -1.46. The first-order valence-corrected chi connectivity index (χ1v) is 12.2. The number of methoxy groups -OCH3 is 1. The van der Waals surface area contributed by atoms with Gasteiger partial charge in [0.1, 0.15) is 17.2 Å². The van der Waals surface area contributed by atoms with E-state index in [0.29, 0.717) is 17.7 Å². The molecule has 1 saturated heterocycles. The zero-order valence-corrected chi connectivity index (χ0v) is 21.1. The number of piperidine rings is 1. The molecule has 1 aliphatic heterocycles. The van der Waals surface area contributed by atoms with Gasteiger partial charge in [-0.1, -0.05) is 30.3 Å². The molecule has 6 nitrogen and oxygen atoms in total. The Morgan fingerprint density at radius 1 is 1.05 bits per heavy atom. The lowest BCUT2D eigenvalue weighted by Gasteiger charge is -2.48. The molecule has 0 bridgehead atoms. The third kappa shape index (κ3) is 6.25. The van der Waals surface area contributed by atoms with Crippen LogP contribution in [0, 0.1) is 23.4 Å². The summed E-state index contributed by atoms with van der Waals surface area (Å²) < 4.78 is 99.3. The Hall–Kier alpha value is -3.85. The van der Waals surface area contributed by atoms with E-state index in [2.05, 4.69) is 0 Å². The van der Waals surface area contributed by atoms with Gasteiger partial charge in [-0.3, -0.25) is 4.79 Å². The molecule has 0 N–H and O–H groups in total. The van der Waals surface area contributed by atoms with Gasteiger partial charge in [-0.25, -0.2) is 18.0 Å². The summed E-state index contributed by atoms with van der Waals surface area (Å²) in [7, 11) is -1.46. The smallest absolute Gasteiger partial charge is 0.339 e. The first-order valence-electron chi connectivity index (χ1n) is 15.2. The number of benzene rings is 3. The average molecular weight is 547 g/mol. The van der Waals surface area contributed by atoms with Gasteiger partial charge >= 0.3 is 5.97 Å². The van der Waals surface area contributed by atoms with Crippen molar-refractivity contribution in [3.05, 3.63) is 101 Å². The van der Waals surface area contributed by atoms with Crippen LogP contribution in [0.15, 0.2) is 66.7 Å². The lowest BCUT2D eigenvalue weighted by molar-refractivity contribution is -0.142. The molecule has 1 heterocycles. The fourth-order valence-corrected chi connectivity index (χ4v) is 4.94. The van der Waals surface area contributed by atoms with Crippen molar-refractivity contribution in [2.45, 2.75) is 18.4 Å². The SMILES string of the molecule is [2H]C([2H])([2H])Oc1cccc(C2(OC(=O)c3ccccc3)CCN(C(=O)Cc3cc(F)c(F)cc3F)CC2CN(C)C([2H])([2H])[2H])c1. The molecule has 2 unspecified atom stereocenters. The van der Waals surface area contributed by atoms with Crippen LogP contribution in [0.3, 0.4) is 0 Å². The molecule has 1 aliphatic rings. The molecule has 9 heteroatoms. The van der Waals surface area contributed by atoms with E-state index in [1.165, 1.54) is 42.3 Å². The van der Waals surface area contributed by atoms with Crippen molar-refractivity contribution in [1.82, 2.24) is 9.80 Å². The lowest BCUT2D eigenvalue weighted by Crippen LogP contribution is -2.56. The molecular formula is C30H31F3N2O4. The van der Waals surface area contributed by atoms with E-state index in [1.807, 2.05) is 0 Å². The maximum absolute atomic E-state index is 14.4. The predicted octanol–water partition coefficient (Wildman–Crippen LogP) is 4.82. The Bertz CT molecular complexity index is 1540. The molecule has 206 valence electrons. The highest BCUT2D eigenvalue weighted by Gasteiger charge is 2.49. The van der Waals surface area contributed by atoms with Crippen molar-refractivity contribution in [1.29, 1.82) is 0 Å². The molecule has 1 fully saturated rings. The van der Waals surface area contributed by atoms with Crippen LogP contribution in [0.4, 0.5) is 13.2 Å². The van der Waals surface area contributed by atoms with Crippen LogP contribution >= 0.6 is 0 Å². The molecule has 2 atom stereocenters. The van der Waals surface area contributed by atoms with Gasteiger partial charge in [0.25, 0.3) is 0 Å². The number of amides is 1. The summed E-state index contributed by atoms with van der Waals surface area (Å²) in [6.45, 7) is -3.06. The second kappa shape index (κ2) is 11.9. The molecule has 39 heavy (non-hydrogen) atoms. The molecule has 0 spiro atoms. The molecule has 0 aromatic heterocycles. The van der Waals surface area contributed by atoms with Gasteiger partial charge in [0, 0.05) is 47.7 Å². The third-order valence-corrected chi connectivity index (χ3v) is 6.86. The monoisotopic (exact) mass is 546 g/mol. The number of nitrogens with zero attached hydrogens (tertiary/aromatic N) is 2. The second-order valence-corrected chi connectivity index (χ2v) is 9.48. The molecule has 3 aromatic carbocycles. The topological polar surface area (TPSA) is 59.1 Å². The second-order valence-electron chi connectivity index (χ2n) is 9.48. The van der Waals surface area contributed by atoms with Crippen LogP contribution in [-0.2, 0) is 21.6 Å². The van der Waals surface area contributed by atoms with E-state index < -0.39 is 61.3 Å². The number of ether oxygens (including phenoxy) is 2. The number of rotatable bonds is 8. The maximum atomic E-state index is 14.4. The zero-order valence-electron chi connectivity index (χ0n) is 27.1. The van der Waals surface area contributed by atoms with Crippen LogP contribution in [0.2, 0.25) is 0 Å². The Kier molecular flexibility index (Phi) is 6.42. The van der Waals surface area contributed by atoms with Crippen molar-refractivity contribution < 1.29 is 40.5 Å². The summed E-state index contributed by atoms with van der Waals surface area (Å²) in [4.78, 5) is 29.3. The van der Waals surface area contributed by atoms with E-state index in [9.17, 15) is 22.8 Å². The Morgan fingerprint density at radius 3 is 2.56 bits per heavy atom. The normalized spacial score (nSPS) is 22.1. The molecule has 3 aromatic rings. The Morgan fingerprint density at radius 2 is 1.82 bits per heavy atom. The number of hydrogen-bond acceptors (Lipinski definition) is 5. The molecule has 0 radical (unpaired) electrons.